The van der Waals surface area contributed by atoms with Crippen molar-refractivity contribution in [2.75, 3.05) is 0 Å². The van der Waals surface area contributed by atoms with E-state index in [0.29, 0.717) is 38.9 Å². The number of para-hydroxylation sites is 2. The Labute approximate surface area is 351 Å². The number of carboxylic acids is 2. The Morgan fingerprint density at radius 3 is 1.63 bits per heavy atom. The van der Waals surface area contributed by atoms with E-state index in [1.54, 1.807) is 54.6 Å². The summed E-state index contributed by atoms with van der Waals surface area (Å²) in [7, 11) is 0. The van der Waals surface area contributed by atoms with E-state index in [1.807, 2.05) is 51.1 Å². The SMILES string of the molecule is CC.Cc1ccc(CCc2cccc3c(C#N)c(O)c(C(=O)CCC(=O)O)nc23)cc1.N#Cc1c(O)c(C(=O)CCC(=O)O)nc2c(C#Cc3ccccc3Cl)cccc12. The maximum absolute atomic E-state index is 12.4. The molecule has 0 atom stereocenters. The second-order valence-corrected chi connectivity index (χ2v) is 13.4. The minimum Gasteiger partial charge on any atom is -0.504 e. The molecule has 302 valence electrons. The first-order valence-electron chi connectivity index (χ1n) is 18.7. The van der Waals surface area contributed by atoms with Crippen molar-refractivity contribution in [3.8, 4) is 35.5 Å². The van der Waals surface area contributed by atoms with Crippen molar-refractivity contribution in [2.24, 2.45) is 0 Å². The largest absolute Gasteiger partial charge is 0.504 e. The number of carbonyl (C=O) groups excluding carboxylic acids is 2. The molecule has 0 radical (unpaired) electrons. The maximum atomic E-state index is 12.4. The van der Waals surface area contributed by atoms with Gasteiger partial charge in [-0.3, -0.25) is 19.2 Å². The molecule has 12 nitrogen and oxygen atoms in total. The Kier molecular flexibility index (Phi) is 16.0. The van der Waals surface area contributed by atoms with E-state index in [9.17, 15) is 39.9 Å². The minimum atomic E-state index is -1.15. The number of halogens is 1. The fourth-order valence-electron chi connectivity index (χ4n) is 5.94. The fourth-order valence-corrected chi connectivity index (χ4v) is 6.12. The minimum absolute atomic E-state index is 0.0224. The highest BCUT2D eigenvalue weighted by Crippen LogP contribution is 2.33. The molecule has 0 saturated heterocycles. The predicted molar refractivity (Wildman–Crippen MR) is 226 cm³/mol. The molecule has 0 saturated carbocycles. The number of nitrogens with zero attached hydrogens (tertiary/aromatic N) is 4. The number of aliphatic carboxylic acids is 2. The van der Waals surface area contributed by atoms with Crippen molar-refractivity contribution in [1.29, 1.82) is 10.5 Å². The predicted octanol–water partition coefficient (Wildman–Crippen LogP) is 8.89. The lowest BCUT2D eigenvalue weighted by atomic mass is 9.97. The van der Waals surface area contributed by atoms with E-state index in [2.05, 4.69) is 33.9 Å². The summed E-state index contributed by atoms with van der Waals surface area (Å²) in [6.45, 7) is 6.02. The van der Waals surface area contributed by atoms with Crippen molar-refractivity contribution >= 4 is 56.9 Å². The molecule has 4 aromatic carbocycles. The van der Waals surface area contributed by atoms with Gasteiger partial charge in [-0.1, -0.05) is 110 Å². The van der Waals surface area contributed by atoms with Crippen LogP contribution in [0.5, 0.6) is 11.5 Å². The number of Topliss-reactive ketones (excluding diaryl/α,β-unsaturated/α-hetero) is 2. The van der Waals surface area contributed by atoms with Gasteiger partial charge in [0.25, 0.3) is 0 Å². The Morgan fingerprint density at radius 2 is 1.10 bits per heavy atom. The molecule has 0 aliphatic rings. The maximum Gasteiger partial charge on any atom is 0.303 e. The number of hydrogen-bond acceptors (Lipinski definition) is 10. The van der Waals surface area contributed by atoms with E-state index in [1.165, 1.54) is 5.56 Å². The van der Waals surface area contributed by atoms with Crippen LogP contribution in [0.25, 0.3) is 21.8 Å². The number of aryl methyl sites for hydroxylation is 3. The molecule has 0 aliphatic carbocycles. The summed E-state index contributed by atoms with van der Waals surface area (Å²) in [5.74, 6) is 1.28. The number of carboxylic acid groups (broad SMARTS) is 2. The summed E-state index contributed by atoms with van der Waals surface area (Å²) in [6.07, 6.45) is -0.0156. The smallest absolute Gasteiger partial charge is 0.303 e. The molecule has 4 N–H and O–H groups in total. The summed E-state index contributed by atoms with van der Waals surface area (Å²) in [6, 6.07) is 29.3. The van der Waals surface area contributed by atoms with E-state index < -0.39 is 41.4 Å². The van der Waals surface area contributed by atoms with Gasteiger partial charge >= 0.3 is 11.9 Å². The number of rotatable bonds is 11. The lowest BCUT2D eigenvalue weighted by Crippen LogP contribution is -2.08. The average molecular weight is 823 g/mol. The van der Waals surface area contributed by atoms with Gasteiger partial charge in [-0.25, -0.2) is 9.97 Å². The van der Waals surface area contributed by atoms with Gasteiger partial charge in [-0.05, 0) is 49.1 Å². The number of carbonyl (C=O) groups is 4. The molecule has 0 aliphatic heterocycles. The highest BCUT2D eigenvalue weighted by atomic mass is 35.5. The van der Waals surface area contributed by atoms with Gasteiger partial charge < -0.3 is 20.4 Å². The molecule has 2 aromatic heterocycles. The van der Waals surface area contributed by atoms with Crippen LogP contribution >= 0.6 is 11.6 Å². The van der Waals surface area contributed by atoms with Crippen LogP contribution in [0.2, 0.25) is 5.02 Å². The number of ketones is 2. The number of aromatic hydroxyl groups is 2. The number of fused-ring (bicyclic) bond motifs is 2. The van der Waals surface area contributed by atoms with Crippen LogP contribution in [-0.4, -0.2) is 53.9 Å². The van der Waals surface area contributed by atoms with Gasteiger partial charge in [0.05, 0.1) is 34.5 Å². The molecular formula is C47H39ClN4O8. The lowest BCUT2D eigenvalue weighted by Gasteiger charge is -2.11. The Hall–Kier alpha value is -7.59. The first-order chi connectivity index (χ1) is 28.8. The number of benzene rings is 4. The quantitative estimate of drug-likeness (QED) is 0.0710. The molecule has 0 spiro atoms. The van der Waals surface area contributed by atoms with Crippen LogP contribution in [-0.2, 0) is 22.4 Å². The molecule has 2 heterocycles. The van der Waals surface area contributed by atoms with Gasteiger partial charge in [0, 0.05) is 29.2 Å². The summed E-state index contributed by atoms with van der Waals surface area (Å²) in [5, 5.41) is 58.6. The Morgan fingerprint density at radius 1 is 0.617 bits per heavy atom. The van der Waals surface area contributed by atoms with Gasteiger partial charge in [-0.15, -0.1) is 0 Å². The van der Waals surface area contributed by atoms with Crippen LogP contribution in [0.4, 0.5) is 0 Å². The highest BCUT2D eigenvalue weighted by molar-refractivity contribution is 6.31. The molecular weight excluding hydrogens is 784 g/mol. The molecule has 6 aromatic rings. The monoisotopic (exact) mass is 822 g/mol. The van der Waals surface area contributed by atoms with Crippen LogP contribution < -0.4 is 0 Å². The third kappa shape index (κ3) is 11.1. The second-order valence-electron chi connectivity index (χ2n) is 13.0. The van der Waals surface area contributed by atoms with E-state index in [-0.39, 0.29) is 47.3 Å². The first kappa shape index (κ1) is 45.1. The van der Waals surface area contributed by atoms with Crippen molar-refractivity contribution in [3.05, 3.63) is 140 Å². The zero-order valence-corrected chi connectivity index (χ0v) is 33.7. The van der Waals surface area contributed by atoms with E-state index >= 15 is 0 Å². The van der Waals surface area contributed by atoms with Gasteiger partial charge in [-0.2, -0.15) is 10.5 Å². The molecule has 0 bridgehead atoms. The summed E-state index contributed by atoms with van der Waals surface area (Å²) in [4.78, 5) is 54.8. The normalized spacial score (nSPS) is 10.1. The molecule has 0 fully saturated rings. The number of pyridine rings is 2. The summed E-state index contributed by atoms with van der Waals surface area (Å²) in [5.41, 5.74) is 4.24. The highest BCUT2D eigenvalue weighted by Gasteiger charge is 2.23. The lowest BCUT2D eigenvalue weighted by molar-refractivity contribution is -0.137. The third-order valence-electron chi connectivity index (χ3n) is 8.96. The molecule has 13 heteroatoms. The standard InChI is InChI=1S/C23H20N2O4.C22H13ClN2O4.C2H6/c1-14-5-7-15(8-6-14)9-10-16-3-2-4-17-18(13-24)23(29)22(25-21(16)17)19(26)11-12-20(27)28;23-17-7-2-1-4-13(17)8-9-14-5-3-6-15-16(12-24)22(29)21(25-20(14)15)18(26)10-11-19(27)28;1-2/h2-8,29H,9-12H2,1H3,(H,27,28);1-7,29H,10-11H2,(H,27,28);1-2H3. The summed E-state index contributed by atoms with van der Waals surface area (Å²) < 4.78 is 0. The van der Waals surface area contributed by atoms with Crippen molar-refractivity contribution in [1.82, 2.24) is 9.97 Å². The molecule has 60 heavy (non-hydrogen) atoms. The topological polar surface area (TPSA) is 223 Å². The third-order valence-corrected chi connectivity index (χ3v) is 9.29. The number of nitriles is 2. The zero-order valence-electron chi connectivity index (χ0n) is 32.9. The van der Waals surface area contributed by atoms with Gasteiger partial charge in [0.2, 0.25) is 0 Å². The van der Waals surface area contributed by atoms with Crippen molar-refractivity contribution < 1.29 is 39.6 Å². The number of hydrogen-bond donors (Lipinski definition) is 4. The van der Waals surface area contributed by atoms with Crippen LogP contribution in [0.1, 0.15) is 99.5 Å². The van der Waals surface area contributed by atoms with E-state index in [0.717, 1.165) is 17.5 Å². The van der Waals surface area contributed by atoms with Crippen molar-refractivity contribution in [2.45, 2.75) is 59.3 Å². The zero-order chi connectivity index (χ0) is 43.9. The number of aromatic nitrogens is 2. The second kappa shape index (κ2) is 21.2. The van der Waals surface area contributed by atoms with Gasteiger partial charge in [0.1, 0.15) is 34.7 Å². The Bertz CT molecular complexity index is 2760. The van der Waals surface area contributed by atoms with Gasteiger partial charge in [0.15, 0.2) is 23.1 Å². The van der Waals surface area contributed by atoms with E-state index in [4.69, 9.17) is 21.8 Å². The average Bonchev–Trinajstić information content (AvgIpc) is 3.24. The van der Waals surface area contributed by atoms with Crippen LogP contribution in [0, 0.1) is 41.4 Å². The molecule has 0 amide bonds. The fraction of sp³-hybridized carbons (Fsp3) is 0.191. The van der Waals surface area contributed by atoms with Crippen LogP contribution in [0.15, 0.2) is 84.9 Å². The Balaban J connectivity index is 0.000000254. The summed E-state index contributed by atoms with van der Waals surface area (Å²) >= 11 is 6.12. The first-order valence-corrected chi connectivity index (χ1v) is 19.1. The van der Waals surface area contributed by atoms with Crippen molar-refractivity contribution in [3.63, 3.8) is 0 Å². The molecule has 0 unspecified atom stereocenters. The van der Waals surface area contributed by atoms with Crippen LogP contribution in [0.3, 0.4) is 0 Å². The molecule has 6 rings (SSSR count).